The molecule has 0 spiro atoms. The number of hydrogen-bond donors (Lipinski definition) is 1. The molecule has 2 aromatic rings. The third-order valence-electron chi connectivity index (χ3n) is 4.83. The Hall–Kier alpha value is -2.17. The summed E-state index contributed by atoms with van der Waals surface area (Å²) in [5, 5.41) is 15.0. The van der Waals surface area contributed by atoms with E-state index in [2.05, 4.69) is 52.1 Å². The van der Waals surface area contributed by atoms with Gasteiger partial charge in [0.2, 0.25) is 0 Å². The Labute approximate surface area is 124 Å². The van der Waals surface area contributed by atoms with Crippen molar-refractivity contribution in [1.82, 2.24) is 20.2 Å². The third kappa shape index (κ3) is 2.33. The molecule has 5 nitrogen and oxygen atoms in total. The summed E-state index contributed by atoms with van der Waals surface area (Å²) >= 11 is 0. The summed E-state index contributed by atoms with van der Waals surface area (Å²) in [4.78, 5) is 0. The van der Waals surface area contributed by atoms with Gasteiger partial charge in [-0.1, -0.05) is 18.2 Å². The SMILES string of the molecule is CC(Nc1cccc(-n2cnnn2)c1)C1CC2C=CC1C2. The number of aromatic nitrogens is 4. The summed E-state index contributed by atoms with van der Waals surface area (Å²) in [6, 6.07) is 8.72. The molecule has 5 heteroatoms. The summed E-state index contributed by atoms with van der Waals surface area (Å²) in [5.74, 6) is 2.33. The Morgan fingerprint density at radius 2 is 2.24 bits per heavy atom. The number of allylic oxidation sites excluding steroid dienone is 2. The van der Waals surface area contributed by atoms with Gasteiger partial charge >= 0.3 is 0 Å². The first-order chi connectivity index (χ1) is 10.3. The van der Waals surface area contributed by atoms with Crippen LogP contribution in [0.1, 0.15) is 19.8 Å². The highest BCUT2D eigenvalue weighted by molar-refractivity contribution is 5.51. The molecule has 1 N–H and O–H groups in total. The van der Waals surface area contributed by atoms with Gasteiger partial charge in [0.15, 0.2) is 0 Å². The lowest BCUT2D eigenvalue weighted by molar-refractivity contribution is 0.400. The number of fused-ring (bicyclic) bond motifs is 2. The summed E-state index contributed by atoms with van der Waals surface area (Å²) in [6.07, 6.45) is 9.09. The van der Waals surface area contributed by atoms with Gasteiger partial charge in [0.25, 0.3) is 0 Å². The Balaban J connectivity index is 1.49. The van der Waals surface area contributed by atoms with Crippen LogP contribution < -0.4 is 5.32 Å². The summed E-state index contributed by atoms with van der Waals surface area (Å²) in [5.41, 5.74) is 2.10. The third-order valence-corrected chi connectivity index (χ3v) is 4.83. The van der Waals surface area contributed by atoms with Gasteiger partial charge in [0.1, 0.15) is 6.33 Å². The largest absolute Gasteiger partial charge is 0.382 e. The molecule has 1 fully saturated rings. The van der Waals surface area contributed by atoms with E-state index in [-0.39, 0.29) is 0 Å². The average Bonchev–Trinajstić information content (AvgIpc) is 3.24. The van der Waals surface area contributed by atoms with Crippen LogP contribution in [-0.4, -0.2) is 26.2 Å². The van der Waals surface area contributed by atoms with E-state index in [1.54, 1.807) is 11.0 Å². The topological polar surface area (TPSA) is 55.6 Å². The maximum Gasteiger partial charge on any atom is 0.143 e. The molecule has 2 bridgehead atoms. The summed E-state index contributed by atoms with van der Waals surface area (Å²) < 4.78 is 1.68. The van der Waals surface area contributed by atoms with E-state index in [1.807, 2.05) is 12.1 Å². The van der Waals surface area contributed by atoms with E-state index < -0.39 is 0 Å². The number of nitrogens with one attached hydrogen (secondary N) is 1. The van der Waals surface area contributed by atoms with Gasteiger partial charge in [0.05, 0.1) is 5.69 Å². The maximum absolute atomic E-state index is 3.93. The molecule has 1 saturated carbocycles. The summed E-state index contributed by atoms with van der Waals surface area (Å²) in [7, 11) is 0. The lowest BCUT2D eigenvalue weighted by Crippen LogP contribution is -2.28. The van der Waals surface area contributed by atoms with Crippen LogP contribution >= 0.6 is 0 Å². The fourth-order valence-corrected chi connectivity index (χ4v) is 3.79. The van der Waals surface area contributed by atoms with Crippen molar-refractivity contribution in [1.29, 1.82) is 0 Å². The van der Waals surface area contributed by atoms with E-state index in [4.69, 9.17) is 0 Å². The molecular weight excluding hydrogens is 262 g/mol. The van der Waals surface area contributed by atoms with E-state index >= 15 is 0 Å². The van der Waals surface area contributed by atoms with Crippen molar-refractivity contribution in [2.45, 2.75) is 25.8 Å². The van der Waals surface area contributed by atoms with Crippen molar-refractivity contribution in [3.63, 3.8) is 0 Å². The van der Waals surface area contributed by atoms with Crippen molar-refractivity contribution in [2.75, 3.05) is 5.32 Å². The van der Waals surface area contributed by atoms with E-state index in [0.717, 1.165) is 29.1 Å². The lowest BCUT2D eigenvalue weighted by atomic mass is 9.87. The average molecular weight is 281 g/mol. The van der Waals surface area contributed by atoms with Crippen molar-refractivity contribution < 1.29 is 0 Å². The van der Waals surface area contributed by atoms with E-state index in [9.17, 15) is 0 Å². The van der Waals surface area contributed by atoms with Crippen LogP contribution in [0.2, 0.25) is 0 Å². The molecule has 0 aliphatic heterocycles. The minimum atomic E-state index is 0.481. The number of hydrogen-bond acceptors (Lipinski definition) is 4. The normalized spacial score (nSPS) is 28.0. The predicted molar refractivity (Wildman–Crippen MR) is 81.1 cm³/mol. The molecule has 108 valence electrons. The standard InChI is InChI=1S/C16H19N5/c1-11(16-8-12-5-6-13(16)7-12)18-14-3-2-4-15(9-14)21-10-17-19-20-21/h2-6,9-13,16,18H,7-8H2,1H3. The second-order valence-electron chi connectivity index (χ2n) is 6.18. The lowest BCUT2D eigenvalue weighted by Gasteiger charge is -2.27. The van der Waals surface area contributed by atoms with Crippen molar-refractivity contribution >= 4 is 5.69 Å². The van der Waals surface area contributed by atoms with Crippen LogP contribution in [-0.2, 0) is 0 Å². The fourth-order valence-electron chi connectivity index (χ4n) is 3.79. The molecule has 1 heterocycles. The number of benzene rings is 1. The molecule has 0 amide bonds. The zero-order valence-electron chi connectivity index (χ0n) is 12.1. The van der Waals surface area contributed by atoms with Crippen LogP contribution in [0.4, 0.5) is 5.69 Å². The van der Waals surface area contributed by atoms with Crippen LogP contribution in [0.15, 0.2) is 42.7 Å². The molecule has 21 heavy (non-hydrogen) atoms. The Morgan fingerprint density at radius 1 is 1.29 bits per heavy atom. The van der Waals surface area contributed by atoms with Crippen molar-refractivity contribution in [3.05, 3.63) is 42.7 Å². The summed E-state index contributed by atoms with van der Waals surface area (Å²) in [6.45, 7) is 2.29. The number of nitrogens with zero attached hydrogens (tertiary/aromatic N) is 4. The first kappa shape index (κ1) is 12.6. The number of rotatable bonds is 4. The van der Waals surface area contributed by atoms with Gasteiger partial charge in [0, 0.05) is 11.7 Å². The molecule has 4 unspecified atom stereocenters. The van der Waals surface area contributed by atoms with E-state index in [0.29, 0.717) is 6.04 Å². The smallest absolute Gasteiger partial charge is 0.143 e. The molecule has 4 atom stereocenters. The van der Waals surface area contributed by atoms with Gasteiger partial charge in [-0.3, -0.25) is 0 Å². The number of tetrazole rings is 1. The highest BCUT2D eigenvalue weighted by atomic mass is 15.5. The molecule has 2 aliphatic carbocycles. The van der Waals surface area contributed by atoms with Crippen LogP contribution in [0.5, 0.6) is 0 Å². The zero-order chi connectivity index (χ0) is 14.2. The first-order valence-corrected chi connectivity index (χ1v) is 7.58. The monoisotopic (exact) mass is 281 g/mol. The fraction of sp³-hybridized carbons (Fsp3) is 0.438. The highest BCUT2D eigenvalue weighted by Gasteiger charge is 2.38. The van der Waals surface area contributed by atoms with Crippen LogP contribution in [0.25, 0.3) is 5.69 Å². The molecule has 1 aromatic heterocycles. The molecule has 4 rings (SSSR count). The minimum Gasteiger partial charge on any atom is -0.382 e. The Kier molecular flexibility index (Phi) is 2.98. The van der Waals surface area contributed by atoms with Gasteiger partial charge in [-0.15, -0.1) is 5.10 Å². The minimum absolute atomic E-state index is 0.481. The Morgan fingerprint density at radius 3 is 2.95 bits per heavy atom. The highest BCUT2D eigenvalue weighted by Crippen LogP contribution is 2.45. The Bertz CT molecular complexity index is 648. The van der Waals surface area contributed by atoms with Gasteiger partial charge in [-0.05, 0) is 66.1 Å². The quantitative estimate of drug-likeness (QED) is 0.875. The molecule has 1 aromatic carbocycles. The second-order valence-corrected chi connectivity index (χ2v) is 6.18. The molecule has 0 saturated heterocycles. The van der Waals surface area contributed by atoms with Crippen molar-refractivity contribution in [2.24, 2.45) is 17.8 Å². The molecule has 0 radical (unpaired) electrons. The molecular formula is C16H19N5. The second kappa shape index (κ2) is 4.98. The zero-order valence-corrected chi connectivity index (χ0v) is 12.1. The number of anilines is 1. The van der Waals surface area contributed by atoms with Gasteiger partial charge < -0.3 is 5.32 Å². The van der Waals surface area contributed by atoms with Crippen LogP contribution in [0, 0.1) is 17.8 Å². The van der Waals surface area contributed by atoms with Gasteiger partial charge in [-0.2, -0.15) is 0 Å². The van der Waals surface area contributed by atoms with Gasteiger partial charge in [-0.25, -0.2) is 4.68 Å². The maximum atomic E-state index is 3.93. The van der Waals surface area contributed by atoms with Crippen molar-refractivity contribution in [3.8, 4) is 5.69 Å². The molecule has 2 aliphatic rings. The predicted octanol–water partition coefficient (Wildman–Crippen LogP) is 2.67. The van der Waals surface area contributed by atoms with E-state index in [1.165, 1.54) is 12.8 Å². The first-order valence-electron chi connectivity index (χ1n) is 7.58. The van der Waals surface area contributed by atoms with Crippen LogP contribution in [0.3, 0.4) is 0 Å².